The second-order valence-corrected chi connectivity index (χ2v) is 9.00. The molecule has 0 fully saturated rings. The van der Waals surface area contributed by atoms with E-state index in [4.69, 9.17) is 9.47 Å². The summed E-state index contributed by atoms with van der Waals surface area (Å²) < 4.78 is 11.2. The highest BCUT2D eigenvalue weighted by Crippen LogP contribution is 2.51. The average molecular weight is 401 g/mol. The molecule has 0 amide bonds. The van der Waals surface area contributed by atoms with Gasteiger partial charge in [-0.15, -0.1) is 0 Å². The average Bonchev–Trinajstić information content (AvgIpc) is 2.58. The van der Waals surface area contributed by atoms with Crippen LogP contribution < -0.4 is 9.47 Å². The Bertz CT molecular complexity index is 534. The van der Waals surface area contributed by atoms with Crippen molar-refractivity contribution < 1.29 is 9.47 Å². The van der Waals surface area contributed by atoms with Crippen molar-refractivity contribution in [3.05, 3.63) is 23.3 Å². The second-order valence-electron chi connectivity index (χ2n) is 6.81. The highest BCUT2D eigenvalue weighted by Gasteiger charge is 2.38. The van der Waals surface area contributed by atoms with Crippen LogP contribution in [0.3, 0.4) is 0 Å². The fraction of sp³-hybridized carbons (Fsp3) is 0.684. The Balaban J connectivity index is 2.31. The third-order valence-electron chi connectivity index (χ3n) is 5.21. The molecule has 1 aliphatic heterocycles. The van der Waals surface area contributed by atoms with Gasteiger partial charge in [-0.2, -0.15) is 11.8 Å². The first kappa shape index (κ1) is 19.0. The molecule has 1 aliphatic rings. The number of aryl methyl sites for hydroxylation is 1. The van der Waals surface area contributed by atoms with Gasteiger partial charge in [0.15, 0.2) is 11.5 Å². The molecule has 23 heavy (non-hydrogen) atoms. The number of rotatable bonds is 7. The lowest BCUT2D eigenvalue weighted by Crippen LogP contribution is -2.32. The van der Waals surface area contributed by atoms with E-state index in [0.29, 0.717) is 5.92 Å². The maximum absolute atomic E-state index is 5.55. The molecule has 1 aromatic carbocycles. The van der Waals surface area contributed by atoms with Crippen LogP contribution in [0.4, 0.5) is 0 Å². The fourth-order valence-electron chi connectivity index (χ4n) is 3.34. The van der Waals surface area contributed by atoms with Gasteiger partial charge in [0.1, 0.15) is 0 Å². The first-order chi connectivity index (χ1) is 11.0. The van der Waals surface area contributed by atoms with Gasteiger partial charge in [-0.25, -0.2) is 0 Å². The summed E-state index contributed by atoms with van der Waals surface area (Å²) in [7, 11) is 3.43. The molecule has 0 saturated carbocycles. The molecule has 0 aliphatic carbocycles. The topological polar surface area (TPSA) is 18.5 Å². The zero-order valence-corrected chi connectivity index (χ0v) is 17.4. The van der Waals surface area contributed by atoms with Gasteiger partial charge in [-0.05, 0) is 67.0 Å². The van der Waals surface area contributed by atoms with Gasteiger partial charge < -0.3 is 9.47 Å². The molecule has 1 heterocycles. The van der Waals surface area contributed by atoms with Crippen molar-refractivity contribution in [3.8, 4) is 11.5 Å². The van der Waals surface area contributed by atoms with Crippen LogP contribution in [0.5, 0.6) is 11.5 Å². The number of ether oxygens (including phenoxy) is 2. The Morgan fingerprint density at radius 1 is 1.17 bits per heavy atom. The van der Waals surface area contributed by atoms with Gasteiger partial charge >= 0.3 is 0 Å². The molecule has 0 aromatic heterocycles. The molecule has 0 bridgehead atoms. The largest absolute Gasteiger partial charge is 0.493 e. The Labute approximate surface area is 153 Å². The lowest BCUT2D eigenvalue weighted by molar-refractivity contribution is 0.348. The third kappa shape index (κ3) is 4.01. The molecular formula is C19H29BrO2S. The number of halogens is 1. The second kappa shape index (κ2) is 8.15. The van der Waals surface area contributed by atoms with E-state index < -0.39 is 0 Å². The van der Waals surface area contributed by atoms with Crippen LogP contribution in [0.15, 0.2) is 12.1 Å². The minimum Gasteiger partial charge on any atom is -0.493 e. The van der Waals surface area contributed by atoms with Gasteiger partial charge in [-0.3, -0.25) is 0 Å². The summed E-state index contributed by atoms with van der Waals surface area (Å²) in [4.78, 5) is 0. The zero-order chi connectivity index (χ0) is 17.0. The molecule has 4 heteroatoms. The van der Waals surface area contributed by atoms with Crippen LogP contribution >= 0.6 is 27.7 Å². The Hall–Kier alpha value is -0.350. The zero-order valence-electron chi connectivity index (χ0n) is 14.9. The van der Waals surface area contributed by atoms with Crippen molar-refractivity contribution in [2.24, 2.45) is 11.8 Å². The highest BCUT2D eigenvalue weighted by molar-refractivity contribution is 9.09. The van der Waals surface area contributed by atoms with E-state index in [1.165, 1.54) is 29.7 Å². The number of methoxy groups -OCH3 is 2. The molecule has 0 spiro atoms. The fourth-order valence-corrected chi connectivity index (χ4v) is 5.15. The van der Waals surface area contributed by atoms with Crippen molar-refractivity contribution >= 4 is 27.7 Å². The van der Waals surface area contributed by atoms with Crippen LogP contribution in [0.1, 0.15) is 44.7 Å². The first-order valence-corrected chi connectivity index (χ1v) is 10.5. The predicted octanol–water partition coefficient (Wildman–Crippen LogP) is 5.66. The summed E-state index contributed by atoms with van der Waals surface area (Å²) in [5.74, 6) is 4.24. The van der Waals surface area contributed by atoms with E-state index in [1.54, 1.807) is 14.2 Å². The van der Waals surface area contributed by atoms with Crippen molar-refractivity contribution in [3.63, 3.8) is 0 Å². The minimum atomic E-state index is 0.152. The quantitative estimate of drug-likeness (QED) is 0.550. The first-order valence-electron chi connectivity index (χ1n) is 8.41. The summed E-state index contributed by atoms with van der Waals surface area (Å²) in [5.41, 5.74) is 2.86. The van der Waals surface area contributed by atoms with E-state index in [2.05, 4.69) is 60.6 Å². The summed E-state index contributed by atoms with van der Waals surface area (Å²) in [5, 5.41) is 1.09. The number of hydrogen-bond donors (Lipinski definition) is 0. The molecule has 0 radical (unpaired) electrons. The molecule has 2 rings (SSSR count). The monoisotopic (exact) mass is 400 g/mol. The SMILES string of the molecule is COc1cc2c(cc1OC)C(C)(C(C)CCC(C)CBr)SCC2. The lowest BCUT2D eigenvalue weighted by atomic mass is 9.80. The molecule has 0 N–H and O–H groups in total. The van der Waals surface area contributed by atoms with Crippen molar-refractivity contribution in [2.75, 3.05) is 25.3 Å². The van der Waals surface area contributed by atoms with Crippen molar-refractivity contribution in [1.29, 1.82) is 0 Å². The lowest BCUT2D eigenvalue weighted by Gasteiger charge is -2.41. The van der Waals surface area contributed by atoms with E-state index in [-0.39, 0.29) is 4.75 Å². The third-order valence-corrected chi connectivity index (χ3v) is 7.95. The maximum atomic E-state index is 5.55. The standard InChI is InChI=1S/C19H29BrO2S/c1-13(12-20)6-7-14(2)19(3)16-11-18(22-5)17(21-4)10-15(16)8-9-23-19/h10-11,13-14H,6-9,12H2,1-5H3. The predicted molar refractivity (Wildman–Crippen MR) is 104 cm³/mol. The summed E-state index contributed by atoms with van der Waals surface area (Å²) in [6.45, 7) is 7.13. The van der Waals surface area contributed by atoms with Gasteiger partial charge in [-0.1, -0.05) is 29.8 Å². The maximum Gasteiger partial charge on any atom is 0.161 e. The normalized spacial score (nSPS) is 23.0. The van der Waals surface area contributed by atoms with Gasteiger partial charge in [0.05, 0.1) is 14.2 Å². The molecular weight excluding hydrogens is 372 g/mol. The van der Waals surface area contributed by atoms with E-state index in [1.807, 2.05) is 0 Å². The molecule has 3 unspecified atom stereocenters. The highest BCUT2D eigenvalue weighted by atomic mass is 79.9. The number of hydrogen-bond acceptors (Lipinski definition) is 3. The van der Waals surface area contributed by atoms with Crippen molar-refractivity contribution in [2.45, 2.75) is 44.8 Å². The van der Waals surface area contributed by atoms with Crippen LogP contribution in [-0.4, -0.2) is 25.3 Å². The van der Waals surface area contributed by atoms with Gasteiger partial charge in [0, 0.05) is 10.1 Å². The summed E-state index contributed by atoms with van der Waals surface area (Å²) in [6.07, 6.45) is 3.63. The molecule has 130 valence electrons. The Morgan fingerprint density at radius 3 is 2.43 bits per heavy atom. The van der Waals surface area contributed by atoms with Gasteiger partial charge in [0.25, 0.3) is 0 Å². The Kier molecular flexibility index (Phi) is 6.73. The summed E-state index contributed by atoms with van der Waals surface area (Å²) >= 11 is 5.70. The minimum absolute atomic E-state index is 0.152. The van der Waals surface area contributed by atoms with Crippen LogP contribution in [-0.2, 0) is 11.2 Å². The molecule has 2 nitrogen and oxygen atoms in total. The molecule has 0 saturated heterocycles. The van der Waals surface area contributed by atoms with E-state index >= 15 is 0 Å². The van der Waals surface area contributed by atoms with Crippen LogP contribution in [0.2, 0.25) is 0 Å². The molecule has 3 atom stereocenters. The smallest absolute Gasteiger partial charge is 0.161 e. The number of benzene rings is 1. The van der Waals surface area contributed by atoms with Crippen molar-refractivity contribution in [1.82, 2.24) is 0 Å². The number of alkyl halides is 1. The number of thioether (sulfide) groups is 1. The van der Waals surface area contributed by atoms with E-state index in [9.17, 15) is 0 Å². The molecule has 1 aromatic rings. The Morgan fingerprint density at radius 2 is 1.83 bits per heavy atom. The van der Waals surface area contributed by atoms with Crippen LogP contribution in [0, 0.1) is 11.8 Å². The summed E-state index contributed by atoms with van der Waals surface area (Å²) in [6, 6.07) is 4.39. The number of fused-ring (bicyclic) bond motifs is 1. The van der Waals surface area contributed by atoms with E-state index in [0.717, 1.165) is 29.2 Å². The van der Waals surface area contributed by atoms with Crippen LogP contribution in [0.25, 0.3) is 0 Å². The van der Waals surface area contributed by atoms with Gasteiger partial charge in [0.2, 0.25) is 0 Å².